The molecule has 1 aromatic rings. The Morgan fingerprint density at radius 1 is 1.32 bits per heavy atom. The van der Waals surface area contributed by atoms with Crippen molar-refractivity contribution in [2.24, 2.45) is 5.92 Å². The molecule has 0 spiro atoms. The summed E-state index contributed by atoms with van der Waals surface area (Å²) in [6.07, 6.45) is 4.46. The first kappa shape index (κ1) is 23.1. The number of carboxylic acid groups (broad SMARTS) is 1. The molecule has 1 fully saturated rings. The van der Waals surface area contributed by atoms with Crippen LogP contribution in [0.1, 0.15) is 63.7 Å². The first-order valence-corrected chi connectivity index (χ1v) is 11.4. The molecule has 1 unspecified atom stereocenters. The fourth-order valence-electron chi connectivity index (χ4n) is 3.88. The highest BCUT2D eigenvalue weighted by Gasteiger charge is 2.52. The van der Waals surface area contributed by atoms with E-state index in [2.05, 4.69) is 15.9 Å². The Labute approximate surface area is 178 Å². The molecule has 156 valence electrons. The largest absolute Gasteiger partial charge is 0.509 e. The van der Waals surface area contributed by atoms with Gasteiger partial charge < -0.3 is 20.4 Å². The summed E-state index contributed by atoms with van der Waals surface area (Å²) in [5.74, 6) is -2.18. The highest BCUT2D eigenvalue weighted by Crippen LogP contribution is 2.47. The van der Waals surface area contributed by atoms with Gasteiger partial charge in [0, 0.05) is 28.4 Å². The summed E-state index contributed by atoms with van der Waals surface area (Å²) in [4.78, 5) is 12.7. The van der Waals surface area contributed by atoms with Crippen molar-refractivity contribution in [3.63, 3.8) is 0 Å². The van der Waals surface area contributed by atoms with Crippen LogP contribution in [0.4, 0.5) is 0 Å². The monoisotopic (exact) mass is 472 g/mol. The van der Waals surface area contributed by atoms with E-state index in [4.69, 9.17) is 0 Å². The summed E-state index contributed by atoms with van der Waals surface area (Å²) in [5, 5.41) is 42.6. The maximum absolute atomic E-state index is 11.9. The lowest BCUT2D eigenvalue weighted by atomic mass is 9.80. The molecule has 0 bridgehead atoms. The first-order chi connectivity index (χ1) is 13.2. The number of aliphatic carboxylic acids is 1. The van der Waals surface area contributed by atoms with Crippen molar-refractivity contribution in [1.29, 1.82) is 0 Å². The number of carboxylic acids is 1. The van der Waals surface area contributed by atoms with Crippen LogP contribution >= 0.6 is 27.3 Å². The van der Waals surface area contributed by atoms with Gasteiger partial charge in [0.05, 0.1) is 9.89 Å². The van der Waals surface area contributed by atoms with E-state index in [0.717, 1.165) is 27.9 Å². The SMILES string of the molecule is CCCCC=C(C(=O)O)C1C[C@H](O)C[C@@]1(O)/C(O)=C(/CCC)c1ccc(Br)s1. The Kier molecular flexibility index (Phi) is 8.30. The number of hydrogen-bond acceptors (Lipinski definition) is 5. The van der Waals surface area contributed by atoms with E-state index in [9.17, 15) is 25.2 Å². The van der Waals surface area contributed by atoms with Crippen molar-refractivity contribution in [1.82, 2.24) is 0 Å². The van der Waals surface area contributed by atoms with Gasteiger partial charge in [0.2, 0.25) is 0 Å². The van der Waals surface area contributed by atoms with Crippen LogP contribution in [0.5, 0.6) is 0 Å². The number of unbranched alkanes of at least 4 members (excludes halogenated alkanes) is 2. The van der Waals surface area contributed by atoms with Crippen LogP contribution in [0.3, 0.4) is 0 Å². The van der Waals surface area contributed by atoms with Crippen molar-refractivity contribution < 1.29 is 25.2 Å². The fourth-order valence-corrected chi connectivity index (χ4v) is 5.34. The van der Waals surface area contributed by atoms with Crippen molar-refractivity contribution in [2.45, 2.75) is 70.5 Å². The second kappa shape index (κ2) is 10.1. The highest BCUT2D eigenvalue weighted by molar-refractivity contribution is 9.11. The summed E-state index contributed by atoms with van der Waals surface area (Å²) in [7, 11) is 0. The molecule has 0 aromatic carbocycles. The Balaban J connectivity index is 2.53. The van der Waals surface area contributed by atoms with Crippen molar-refractivity contribution in [3.05, 3.63) is 38.2 Å². The van der Waals surface area contributed by atoms with Gasteiger partial charge in [-0.25, -0.2) is 4.79 Å². The van der Waals surface area contributed by atoms with Crippen LogP contribution in [-0.4, -0.2) is 38.1 Å². The molecule has 1 aliphatic rings. The average Bonchev–Trinajstić information content (AvgIpc) is 3.19. The van der Waals surface area contributed by atoms with Crippen LogP contribution in [0.2, 0.25) is 0 Å². The minimum absolute atomic E-state index is 0.0715. The Morgan fingerprint density at radius 2 is 2.04 bits per heavy atom. The number of aliphatic hydroxyl groups is 3. The van der Waals surface area contributed by atoms with Crippen molar-refractivity contribution >= 4 is 38.8 Å². The number of thiophene rings is 1. The summed E-state index contributed by atoms with van der Waals surface area (Å²) < 4.78 is 0.907. The molecular weight excluding hydrogens is 444 g/mol. The van der Waals surface area contributed by atoms with E-state index in [0.29, 0.717) is 18.4 Å². The fraction of sp³-hybridized carbons (Fsp3) is 0.571. The Hall–Kier alpha value is -1.15. The van der Waals surface area contributed by atoms with Gasteiger partial charge in [0.25, 0.3) is 0 Å². The lowest BCUT2D eigenvalue weighted by molar-refractivity contribution is -0.134. The summed E-state index contributed by atoms with van der Waals surface area (Å²) >= 11 is 4.87. The zero-order valence-corrected chi connectivity index (χ0v) is 18.7. The van der Waals surface area contributed by atoms with Crippen molar-refractivity contribution in [2.75, 3.05) is 0 Å². The second-order valence-electron chi connectivity index (χ2n) is 7.36. The third kappa shape index (κ3) is 5.06. The maximum atomic E-state index is 11.9. The van der Waals surface area contributed by atoms with Crippen LogP contribution in [0.25, 0.3) is 5.57 Å². The summed E-state index contributed by atoms with van der Waals surface area (Å²) in [5.41, 5.74) is -1.11. The molecule has 3 atom stereocenters. The molecule has 0 radical (unpaired) electrons. The normalized spacial score (nSPS) is 26.4. The zero-order valence-electron chi connectivity index (χ0n) is 16.3. The molecule has 7 heteroatoms. The van der Waals surface area contributed by atoms with E-state index in [1.165, 1.54) is 11.3 Å². The van der Waals surface area contributed by atoms with Crippen LogP contribution in [-0.2, 0) is 4.79 Å². The second-order valence-corrected chi connectivity index (χ2v) is 9.82. The van der Waals surface area contributed by atoms with Gasteiger partial charge in [0.1, 0.15) is 11.4 Å². The smallest absolute Gasteiger partial charge is 0.331 e. The average molecular weight is 473 g/mol. The molecular formula is C21H29BrO5S. The maximum Gasteiger partial charge on any atom is 0.331 e. The predicted octanol–water partition coefficient (Wildman–Crippen LogP) is 5.28. The molecule has 2 rings (SSSR count). The number of allylic oxidation sites excluding steroid dienone is 2. The summed E-state index contributed by atoms with van der Waals surface area (Å²) in [6.45, 7) is 4.00. The quantitative estimate of drug-likeness (QED) is 0.222. The van der Waals surface area contributed by atoms with Gasteiger partial charge >= 0.3 is 5.97 Å². The van der Waals surface area contributed by atoms with Gasteiger partial charge in [-0.1, -0.05) is 39.2 Å². The zero-order chi connectivity index (χ0) is 20.9. The molecule has 0 saturated heterocycles. The number of carbonyl (C=O) groups is 1. The minimum Gasteiger partial charge on any atom is -0.509 e. The molecule has 5 nitrogen and oxygen atoms in total. The van der Waals surface area contributed by atoms with Crippen LogP contribution in [0, 0.1) is 5.92 Å². The van der Waals surface area contributed by atoms with E-state index in [1.54, 1.807) is 6.08 Å². The number of halogens is 1. The number of hydrogen-bond donors (Lipinski definition) is 4. The van der Waals surface area contributed by atoms with E-state index >= 15 is 0 Å². The Bertz CT molecular complexity index is 754. The topological polar surface area (TPSA) is 98.0 Å². The van der Waals surface area contributed by atoms with Gasteiger partial charge in [-0.3, -0.25) is 0 Å². The van der Waals surface area contributed by atoms with E-state index in [1.807, 2.05) is 26.0 Å². The Morgan fingerprint density at radius 3 is 2.57 bits per heavy atom. The van der Waals surface area contributed by atoms with Gasteiger partial charge in [-0.05, 0) is 47.3 Å². The molecule has 4 N–H and O–H groups in total. The number of rotatable bonds is 9. The third-order valence-electron chi connectivity index (χ3n) is 5.24. The molecule has 1 heterocycles. The summed E-state index contributed by atoms with van der Waals surface area (Å²) in [6, 6.07) is 3.75. The minimum atomic E-state index is -1.79. The van der Waals surface area contributed by atoms with Crippen molar-refractivity contribution in [3.8, 4) is 0 Å². The van der Waals surface area contributed by atoms with E-state index in [-0.39, 0.29) is 24.2 Å². The molecule has 1 aromatic heterocycles. The molecule has 0 aliphatic heterocycles. The lowest BCUT2D eigenvalue weighted by Gasteiger charge is -2.31. The van der Waals surface area contributed by atoms with Gasteiger partial charge in [0.15, 0.2) is 0 Å². The molecule has 0 amide bonds. The number of aliphatic hydroxyl groups excluding tert-OH is 2. The molecule has 1 saturated carbocycles. The molecule has 1 aliphatic carbocycles. The molecule has 28 heavy (non-hydrogen) atoms. The van der Waals surface area contributed by atoms with Gasteiger partial charge in [-0.15, -0.1) is 11.3 Å². The van der Waals surface area contributed by atoms with Crippen LogP contribution < -0.4 is 0 Å². The van der Waals surface area contributed by atoms with Gasteiger partial charge in [-0.2, -0.15) is 0 Å². The highest BCUT2D eigenvalue weighted by atomic mass is 79.9. The lowest BCUT2D eigenvalue weighted by Crippen LogP contribution is -2.39. The predicted molar refractivity (Wildman–Crippen MR) is 115 cm³/mol. The first-order valence-electron chi connectivity index (χ1n) is 9.76. The standard InChI is InChI=1S/C21H29BrO5S/c1-3-5-6-8-14(20(25)26)16-11-13(23)12-21(16,27)19(24)15(7-4-2)17-9-10-18(22)28-17/h8-10,13,16,23-24,27H,3-7,11-12H2,1-2H3,(H,25,26)/b14-8?,19-15+/t13-,16?,21-/m0/s1. The van der Waals surface area contributed by atoms with E-state index < -0.39 is 23.6 Å². The third-order valence-corrected chi connectivity index (χ3v) is 6.93. The van der Waals surface area contributed by atoms with Crippen LogP contribution in [0.15, 0.2) is 33.3 Å².